The topological polar surface area (TPSA) is 54.7 Å². The first kappa shape index (κ1) is 13.3. The highest BCUT2D eigenvalue weighted by molar-refractivity contribution is 8.93. The fraction of sp³-hybridized carbons (Fsp3) is 0.500. The molecule has 1 aromatic heterocycles. The first-order chi connectivity index (χ1) is 4.29. The zero-order valence-electron chi connectivity index (χ0n) is 6.45. The van der Waals surface area contributed by atoms with E-state index in [0.717, 1.165) is 12.1 Å². The van der Waals surface area contributed by atoms with Crippen LogP contribution in [0.4, 0.5) is 0 Å². The van der Waals surface area contributed by atoms with Gasteiger partial charge >= 0.3 is 0 Å². The molecule has 1 heterocycles. The molecule has 3 radical (unpaired) electrons. The summed E-state index contributed by atoms with van der Waals surface area (Å²) in [5.41, 5.74) is 6.64. The van der Waals surface area contributed by atoms with Crippen LogP contribution < -0.4 is 5.73 Å². The number of aromatic amines is 1. The fourth-order valence-corrected chi connectivity index (χ4v) is 0.743. The van der Waals surface area contributed by atoms with Gasteiger partial charge in [-0.15, -0.1) is 17.0 Å². The van der Waals surface area contributed by atoms with Gasteiger partial charge < -0.3 is 10.7 Å². The van der Waals surface area contributed by atoms with E-state index in [9.17, 15) is 0 Å². The average Bonchev–Trinajstić information content (AvgIpc) is 2.15. The van der Waals surface area contributed by atoms with Gasteiger partial charge in [-0.05, 0) is 6.92 Å². The number of nitrogens with two attached hydrogens (primary N) is 1. The standard InChI is InChI=1S/C6H11N3.B.BrH/c1-5(7)2-6-3-8-4-9-6;;/h3-5H,2,7H2,1H3,(H,8,9);;1H. The quantitative estimate of drug-likeness (QED) is 0.708. The Hall–Kier alpha value is -0.285. The molecule has 0 bridgehead atoms. The summed E-state index contributed by atoms with van der Waals surface area (Å²) in [5, 5.41) is 0. The number of halogens is 1. The van der Waals surface area contributed by atoms with E-state index in [1.54, 1.807) is 12.5 Å². The molecule has 0 spiro atoms. The lowest BCUT2D eigenvalue weighted by Crippen LogP contribution is -2.17. The normalized spacial score (nSPS) is 11.1. The summed E-state index contributed by atoms with van der Waals surface area (Å²) in [6.07, 6.45) is 4.33. The Morgan fingerprint density at radius 3 is 2.73 bits per heavy atom. The zero-order valence-corrected chi connectivity index (χ0v) is 8.16. The number of nitrogens with zero attached hydrogens (tertiary/aromatic N) is 1. The Kier molecular flexibility index (Phi) is 7.78. The number of imidazole rings is 1. The van der Waals surface area contributed by atoms with Gasteiger partial charge in [0.1, 0.15) is 0 Å². The summed E-state index contributed by atoms with van der Waals surface area (Å²) < 4.78 is 0. The minimum absolute atomic E-state index is 0. The number of hydrogen-bond donors (Lipinski definition) is 2. The largest absolute Gasteiger partial charge is 0.348 e. The van der Waals surface area contributed by atoms with Crippen molar-refractivity contribution in [2.45, 2.75) is 19.4 Å². The van der Waals surface area contributed by atoms with E-state index in [1.165, 1.54) is 0 Å². The molecule has 3 nitrogen and oxygen atoms in total. The SMILES string of the molecule is Br.CC(N)Cc1cnc[nH]1.[B]. The summed E-state index contributed by atoms with van der Waals surface area (Å²) in [6.45, 7) is 1.97. The van der Waals surface area contributed by atoms with Crippen molar-refractivity contribution in [3.05, 3.63) is 18.2 Å². The van der Waals surface area contributed by atoms with E-state index in [1.807, 2.05) is 6.92 Å². The van der Waals surface area contributed by atoms with E-state index in [4.69, 9.17) is 5.73 Å². The molecule has 1 atom stereocenters. The van der Waals surface area contributed by atoms with Crippen LogP contribution in [0.15, 0.2) is 12.5 Å². The second-order valence-corrected chi connectivity index (χ2v) is 2.26. The van der Waals surface area contributed by atoms with E-state index >= 15 is 0 Å². The predicted molar refractivity (Wildman–Crippen MR) is 52.0 cm³/mol. The number of rotatable bonds is 2. The van der Waals surface area contributed by atoms with E-state index < -0.39 is 0 Å². The number of nitrogens with one attached hydrogen (secondary N) is 1. The maximum Gasteiger partial charge on any atom is 0.0921 e. The van der Waals surface area contributed by atoms with Gasteiger partial charge in [0.2, 0.25) is 0 Å². The molecule has 1 rings (SSSR count). The molecule has 1 unspecified atom stereocenters. The molecule has 0 saturated heterocycles. The highest BCUT2D eigenvalue weighted by Crippen LogP contribution is 1.93. The minimum atomic E-state index is 0. The highest BCUT2D eigenvalue weighted by Gasteiger charge is 1.96. The number of aromatic nitrogens is 2. The summed E-state index contributed by atoms with van der Waals surface area (Å²) in [4.78, 5) is 6.84. The maximum atomic E-state index is 5.54. The van der Waals surface area contributed by atoms with E-state index in [2.05, 4.69) is 9.97 Å². The smallest absolute Gasteiger partial charge is 0.0921 e. The van der Waals surface area contributed by atoms with Crippen LogP contribution in [0.3, 0.4) is 0 Å². The summed E-state index contributed by atoms with van der Waals surface area (Å²) in [5.74, 6) is 0. The van der Waals surface area contributed by atoms with Crippen LogP contribution in [-0.2, 0) is 6.42 Å². The number of H-pyrrole nitrogens is 1. The van der Waals surface area contributed by atoms with Gasteiger partial charge in [0.15, 0.2) is 0 Å². The van der Waals surface area contributed by atoms with E-state index in [0.29, 0.717) is 0 Å². The molecule has 3 N–H and O–H groups in total. The first-order valence-corrected chi connectivity index (χ1v) is 3.02. The van der Waals surface area contributed by atoms with Crippen molar-refractivity contribution in [1.82, 2.24) is 9.97 Å². The molecule has 0 amide bonds. The van der Waals surface area contributed by atoms with Crippen molar-refractivity contribution in [2.24, 2.45) is 5.73 Å². The lowest BCUT2D eigenvalue weighted by Gasteiger charge is -1.99. The lowest BCUT2D eigenvalue weighted by atomic mass is 10.2. The van der Waals surface area contributed by atoms with Gasteiger partial charge in [-0.3, -0.25) is 0 Å². The van der Waals surface area contributed by atoms with Crippen molar-refractivity contribution < 1.29 is 0 Å². The molecule has 61 valence electrons. The van der Waals surface area contributed by atoms with Crippen LogP contribution in [0.2, 0.25) is 0 Å². The monoisotopic (exact) mass is 216 g/mol. The molecular formula is C6H12BBrN3. The third-order valence-electron chi connectivity index (χ3n) is 1.10. The fourth-order valence-electron chi connectivity index (χ4n) is 0.743. The predicted octanol–water partition coefficient (Wildman–Crippen LogP) is 0.496. The minimum Gasteiger partial charge on any atom is -0.348 e. The van der Waals surface area contributed by atoms with Gasteiger partial charge in [0.25, 0.3) is 0 Å². The van der Waals surface area contributed by atoms with Crippen molar-refractivity contribution in [3.63, 3.8) is 0 Å². The molecular weight excluding hydrogens is 205 g/mol. The van der Waals surface area contributed by atoms with Crippen LogP contribution in [0.25, 0.3) is 0 Å². The molecule has 0 aliphatic heterocycles. The molecule has 0 aliphatic rings. The zero-order chi connectivity index (χ0) is 6.69. The second kappa shape index (κ2) is 6.43. The summed E-state index contributed by atoms with van der Waals surface area (Å²) in [7, 11) is 0. The van der Waals surface area contributed by atoms with Crippen LogP contribution in [-0.4, -0.2) is 24.4 Å². The van der Waals surface area contributed by atoms with Crippen molar-refractivity contribution in [3.8, 4) is 0 Å². The Bertz CT molecular complexity index is 164. The number of hydrogen-bond acceptors (Lipinski definition) is 2. The third-order valence-corrected chi connectivity index (χ3v) is 1.10. The second-order valence-electron chi connectivity index (χ2n) is 2.26. The molecule has 0 fully saturated rings. The Balaban J connectivity index is 0. The lowest BCUT2D eigenvalue weighted by molar-refractivity contribution is 0.725. The summed E-state index contributed by atoms with van der Waals surface area (Å²) in [6, 6.07) is 0.213. The molecule has 0 aliphatic carbocycles. The maximum absolute atomic E-state index is 5.54. The van der Waals surface area contributed by atoms with Crippen LogP contribution in [0.1, 0.15) is 12.6 Å². The van der Waals surface area contributed by atoms with Gasteiger partial charge in [0, 0.05) is 32.8 Å². The van der Waals surface area contributed by atoms with E-state index in [-0.39, 0.29) is 31.4 Å². The average molecular weight is 217 g/mol. The van der Waals surface area contributed by atoms with Gasteiger partial charge in [-0.2, -0.15) is 0 Å². The first-order valence-electron chi connectivity index (χ1n) is 3.02. The van der Waals surface area contributed by atoms with Crippen LogP contribution in [0.5, 0.6) is 0 Å². The van der Waals surface area contributed by atoms with Gasteiger partial charge in [0.05, 0.1) is 6.33 Å². The molecule has 0 saturated carbocycles. The molecule has 11 heavy (non-hydrogen) atoms. The molecule has 0 aromatic carbocycles. The van der Waals surface area contributed by atoms with Crippen molar-refractivity contribution in [1.29, 1.82) is 0 Å². The van der Waals surface area contributed by atoms with Gasteiger partial charge in [-0.1, -0.05) is 0 Å². The third kappa shape index (κ3) is 5.04. The Morgan fingerprint density at radius 2 is 2.36 bits per heavy atom. The Morgan fingerprint density at radius 1 is 1.73 bits per heavy atom. The Labute approximate surface area is 79.1 Å². The van der Waals surface area contributed by atoms with Crippen LogP contribution >= 0.6 is 17.0 Å². The molecule has 5 heteroatoms. The van der Waals surface area contributed by atoms with Crippen LogP contribution in [0, 0.1) is 0 Å². The highest BCUT2D eigenvalue weighted by atomic mass is 79.9. The van der Waals surface area contributed by atoms with Crippen molar-refractivity contribution in [2.75, 3.05) is 0 Å². The van der Waals surface area contributed by atoms with Crippen molar-refractivity contribution >= 4 is 25.4 Å². The summed E-state index contributed by atoms with van der Waals surface area (Å²) >= 11 is 0. The molecule has 1 aromatic rings. The van der Waals surface area contributed by atoms with Gasteiger partial charge in [-0.25, -0.2) is 4.98 Å².